The quantitative estimate of drug-likeness (QED) is 0.815. The summed E-state index contributed by atoms with van der Waals surface area (Å²) >= 11 is 7.44. The fourth-order valence-electron chi connectivity index (χ4n) is 2.76. The molecule has 0 aromatic carbocycles. The molecule has 3 rings (SSSR count). The summed E-state index contributed by atoms with van der Waals surface area (Å²) in [6.45, 7) is 2.89. The molecule has 1 saturated carbocycles. The van der Waals surface area contributed by atoms with Gasteiger partial charge in [-0.15, -0.1) is 11.3 Å². The molecule has 2 unspecified atom stereocenters. The van der Waals surface area contributed by atoms with Gasteiger partial charge < -0.3 is 4.74 Å². The van der Waals surface area contributed by atoms with Crippen molar-refractivity contribution in [2.24, 2.45) is 0 Å². The highest BCUT2D eigenvalue weighted by molar-refractivity contribution is 7.15. The van der Waals surface area contributed by atoms with Gasteiger partial charge in [0.25, 0.3) is 0 Å². The van der Waals surface area contributed by atoms with Crippen molar-refractivity contribution in [3.05, 3.63) is 15.5 Å². The van der Waals surface area contributed by atoms with Crippen molar-refractivity contribution in [3.63, 3.8) is 0 Å². The zero-order valence-corrected chi connectivity index (χ0v) is 10.6. The molecule has 0 spiro atoms. The Balaban J connectivity index is 1.69. The summed E-state index contributed by atoms with van der Waals surface area (Å²) < 4.78 is 6.44. The van der Waals surface area contributed by atoms with E-state index < -0.39 is 0 Å². The van der Waals surface area contributed by atoms with Crippen molar-refractivity contribution in [3.8, 4) is 0 Å². The molecule has 3 nitrogen and oxygen atoms in total. The molecule has 2 atom stereocenters. The van der Waals surface area contributed by atoms with E-state index in [0.29, 0.717) is 16.6 Å². The molecule has 2 heterocycles. The highest BCUT2D eigenvalue weighted by Crippen LogP contribution is 2.31. The fourth-order valence-corrected chi connectivity index (χ4v) is 3.76. The number of hydrogen-bond acceptors (Lipinski definition) is 4. The normalized spacial score (nSPS) is 30.6. The molecule has 1 aromatic heterocycles. The molecular formula is C11H15ClN2OS. The van der Waals surface area contributed by atoms with E-state index in [-0.39, 0.29) is 0 Å². The van der Waals surface area contributed by atoms with Gasteiger partial charge in [0, 0.05) is 30.2 Å². The van der Waals surface area contributed by atoms with Crippen molar-refractivity contribution < 1.29 is 4.74 Å². The second kappa shape index (κ2) is 4.61. The Morgan fingerprint density at radius 1 is 1.56 bits per heavy atom. The second-order valence-corrected chi connectivity index (χ2v) is 6.15. The van der Waals surface area contributed by atoms with Crippen LogP contribution in [0.25, 0.3) is 0 Å². The van der Waals surface area contributed by atoms with Crippen LogP contribution >= 0.6 is 22.9 Å². The van der Waals surface area contributed by atoms with Gasteiger partial charge in [-0.1, -0.05) is 11.6 Å². The van der Waals surface area contributed by atoms with Gasteiger partial charge in [-0.3, -0.25) is 4.90 Å². The summed E-state index contributed by atoms with van der Waals surface area (Å²) in [7, 11) is 0. The van der Waals surface area contributed by atoms with Crippen molar-refractivity contribution in [1.29, 1.82) is 0 Å². The van der Waals surface area contributed by atoms with Gasteiger partial charge in [-0.25, -0.2) is 4.98 Å². The number of hydrogen-bond donors (Lipinski definition) is 0. The Kier molecular flexibility index (Phi) is 3.16. The van der Waals surface area contributed by atoms with Crippen molar-refractivity contribution in [1.82, 2.24) is 9.88 Å². The fraction of sp³-hybridized carbons (Fsp3) is 0.727. The van der Waals surface area contributed by atoms with Gasteiger partial charge >= 0.3 is 0 Å². The highest BCUT2D eigenvalue weighted by atomic mass is 35.5. The van der Waals surface area contributed by atoms with E-state index in [0.717, 1.165) is 19.7 Å². The van der Waals surface area contributed by atoms with Crippen LogP contribution in [0.4, 0.5) is 0 Å². The number of rotatable bonds is 2. The molecule has 0 N–H and O–H groups in total. The smallest absolute Gasteiger partial charge is 0.183 e. The topological polar surface area (TPSA) is 25.4 Å². The third-order valence-electron chi connectivity index (χ3n) is 3.48. The van der Waals surface area contributed by atoms with Crippen LogP contribution < -0.4 is 0 Å². The van der Waals surface area contributed by atoms with Crippen LogP contribution in [0.1, 0.15) is 24.1 Å². The monoisotopic (exact) mass is 258 g/mol. The predicted octanol–water partition coefficient (Wildman–Crippen LogP) is 2.55. The van der Waals surface area contributed by atoms with Crippen LogP contribution in [0.3, 0.4) is 0 Å². The number of nitrogens with zero attached hydrogens (tertiary/aromatic N) is 2. The zero-order chi connectivity index (χ0) is 11.0. The molecule has 1 aliphatic carbocycles. The lowest BCUT2D eigenvalue weighted by atomic mass is 10.1. The Hall–Kier alpha value is -0.160. The first-order valence-corrected chi connectivity index (χ1v) is 6.98. The molecule has 0 bridgehead atoms. The van der Waals surface area contributed by atoms with Gasteiger partial charge in [0.2, 0.25) is 0 Å². The molecule has 16 heavy (non-hydrogen) atoms. The summed E-state index contributed by atoms with van der Waals surface area (Å²) in [5.74, 6) is 0. The summed E-state index contributed by atoms with van der Waals surface area (Å²) in [6.07, 6.45) is 6.17. The first-order valence-electron chi connectivity index (χ1n) is 5.79. The van der Waals surface area contributed by atoms with Gasteiger partial charge in [0.1, 0.15) is 0 Å². The predicted molar refractivity (Wildman–Crippen MR) is 64.9 cm³/mol. The SMILES string of the molecule is Clc1ncc(CN2CCOC3CCCC32)s1. The van der Waals surface area contributed by atoms with E-state index in [2.05, 4.69) is 9.88 Å². The summed E-state index contributed by atoms with van der Waals surface area (Å²) in [4.78, 5) is 7.89. The van der Waals surface area contributed by atoms with Crippen LogP contribution in [0.2, 0.25) is 4.47 Å². The third-order valence-corrected chi connectivity index (χ3v) is 4.58. The first-order chi connectivity index (χ1) is 7.83. The van der Waals surface area contributed by atoms with E-state index in [4.69, 9.17) is 16.3 Å². The number of aromatic nitrogens is 1. The zero-order valence-electron chi connectivity index (χ0n) is 9.06. The van der Waals surface area contributed by atoms with Crippen molar-refractivity contribution in [2.75, 3.05) is 13.2 Å². The van der Waals surface area contributed by atoms with Gasteiger partial charge in [-0.2, -0.15) is 0 Å². The molecule has 0 amide bonds. The Labute approximate surface area is 104 Å². The molecule has 1 aromatic rings. The van der Waals surface area contributed by atoms with E-state index >= 15 is 0 Å². The van der Waals surface area contributed by atoms with Crippen LogP contribution in [0, 0.1) is 0 Å². The molecule has 88 valence electrons. The van der Waals surface area contributed by atoms with E-state index in [1.165, 1.54) is 24.1 Å². The van der Waals surface area contributed by atoms with E-state index in [1.54, 1.807) is 11.3 Å². The van der Waals surface area contributed by atoms with Crippen LogP contribution in [-0.2, 0) is 11.3 Å². The van der Waals surface area contributed by atoms with E-state index in [1.807, 2.05) is 6.20 Å². The molecular weight excluding hydrogens is 244 g/mol. The van der Waals surface area contributed by atoms with Crippen molar-refractivity contribution in [2.45, 2.75) is 38.0 Å². The number of thiazole rings is 1. The number of halogens is 1. The van der Waals surface area contributed by atoms with Gasteiger partial charge in [-0.05, 0) is 19.3 Å². The largest absolute Gasteiger partial charge is 0.375 e. The maximum Gasteiger partial charge on any atom is 0.183 e. The molecule has 1 aliphatic heterocycles. The Bertz CT molecular complexity index is 371. The molecule has 0 radical (unpaired) electrons. The van der Waals surface area contributed by atoms with Crippen LogP contribution in [0.15, 0.2) is 6.20 Å². The molecule has 5 heteroatoms. The highest BCUT2D eigenvalue weighted by Gasteiger charge is 2.35. The number of morpholine rings is 1. The Morgan fingerprint density at radius 2 is 2.50 bits per heavy atom. The maximum atomic E-state index is 5.85. The molecule has 1 saturated heterocycles. The Morgan fingerprint density at radius 3 is 3.31 bits per heavy atom. The number of fused-ring (bicyclic) bond motifs is 1. The molecule has 2 fully saturated rings. The van der Waals surface area contributed by atoms with Gasteiger partial charge in [0.15, 0.2) is 4.47 Å². The summed E-state index contributed by atoms with van der Waals surface area (Å²) in [5.41, 5.74) is 0. The number of ether oxygens (including phenoxy) is 1. The summed E-state index contributed by atoms with van der Waals surface area (Å²) in [5, 5.41) is 0. The maximum absolute atomic E-state index is 5.85. The lowest BCUT2D eigenvalue weighted by Crippen LogP contribution is -2.47. The van der Waals surface area contributed by atoms with Crippen LogP contribution in [-0.4, -0.2) is 35.2 Å². The summed E-state index contributed by atoms with van der Waals surface area (Å²) in [6, 6.07) is 0.620. The molecule has 2 aliphatic rings. The minimum Gasteiger partial charge on any atom is -0.375 e. The average Bonchev–Trinajstić information content (AvgIpc) is 2.87. The minimum atomic E-state index is 0.470. The standard InChI is InChI=1S/C11H15ClN2OS/c12-11-13-6-8(16-11)7-14-4-5-15-10-3-1-2-9(10)14/h6,9-10H,1-5,7H2. The lowest BCUT2D eigenvalue weighted by molar-refractivity contribution is -0.0585. The average molecular weight is 259 g/mol. The third kappa shape index (κ3) is 2.12. The second-order valence-electron chi connectivity index (χ2n) is 4.46. The minimum absolute atomic E-state index is 0.470. The van der Waals surface area contributed by atoms with E-state index in [9.17, 15) is 0 Å². The first kappa shape index (κ1) is 11.0. The lowest BCUT2D eigenvalue weighted by Gasteiger charge is -2.37. The van der Waals surface area contributed by atoms with Crippen molar-refractivity contribution >= 4 is 22.9 Å². The van der Waals surface area contributed by atoms with Crippen LogP contribution in [0.5, 0.6) is 0 Å². The van der Waals surface area contributed by atoms with Gasteiger partial charge in [0.05, 0.1) is 12.7 Å².